The fourth-order valence-corrected chi connectivity index (χ4v) is 1.50. The van der Waals surface area contributed by atoms with Crippen LogP contribution in [-0.4, -0.2) is 18.0 Å². The molecule has 2 aromatic rings. The van der Waals surface area contributed by atoms with Crippen molar-refractivity contribution in [3.05, 3.63) is 36.4 Å². The van der Waals surface area contributed by atoms with Crippen molar-refractivity contribution < 1.29 is 68.5 Å². The van der Waals surface area contributed by atoms with Crippen LogP contribution in [0.5, 0.6) is 5.88 Å². The smallest absolute Gasteiger partial charge is 0.716 e. The van der Waals surface area contributed by atoms with Gasteiger partial charge in [-0.15, -0.1) is 0 Å². The molecule has 1 aromatic carbocycles. The number of para-hydroxylation sites is 1. The van der Waals surface area contributed by atoms with Crippen LogP contribution in [0.2, 0.25) is 0 Å². The molecule has 0 saturated carbocycles. The summed E-state index contributed by atoms with van der Waals surface area (Å²) in [6.07, 6.45) is 0. The van der Waals surface area contributed by atoms with Crippen LogP contribution in [0.3, 0.4) is 0 Å². The quantitative estimate of drug-likeness (QED) is 0.358. The summed E-state index contributed by atoms with van der Waals surface area (Å²) < 4.78 is 35.1. The molecule has 0 N–H and O–H groups in total. The molecule has 7 heteroatoms. The molecule has 1 heterocycles. The fourth-order valence-electron chi connectivity index (χ4n) is 1.20. The van der Waals surface area contributed by atoms with Crippen LogP contribution in [0.4, 0.5) is 0 Å². The first-order chi connectivity index (χ1) is 7.04. The van der Waals surface area contributed by atoms with E-state index in [0.29, 0.717) is 5.52 Å². The van der Waals surface area contributed by atoms with E-state index in [9.17, 15) is 13.0 Å². The SMILES string of the molecule is O=S(=O)([O-])Oc1ccc2ccccc2n1.[K+]. The Hall–Kier alpha value is -0.0236. The van der Waals surface area contributed by atoms with E-state index in [-0.39, 0.29) is 57.3 Å². The Kier molecular flexibility index (Phi) is 4.86. The minimum Gasteiger partial charge on any atom is -0.716 e. The first-order valence-corrected chi connectivity index (χ1v) is 5.39. The Morgan fingerprint density at radius 1 is 1.12 bits per heavy atom. The van der Waals surface area contributed by atoms with E-state index in [1.165, 1.54) is 6.07 Å². The molecule has 78 valence electrons. The van der Waals surface area contributed by atoms with Crippen LogP contribution in [0.1, 0.15) is 0 Å². The molecule has 5 nitrogen and oxygen atoms in total. The van der Waals surface area contributed by atoms with E-state index >= 15 is 0 Å². The summed E-state index contributed by atoms with van der Waals surface area (Å²) >= 11 is 0. The number of nitrogens with zero attached hydrogens (tertiary/aromatic N) is 1. The summed E-state index contributed by atoms with van der Waals surface area (Å²) in [5, 5.41) is 0.841. The van der Waals surface area contributed by atoms with Gasteiger partial charge in [0, 0.05) is 11.5 Å². The van der Waals surface area contributed by atoms with Crippen LogP contribution in [-0.2, 0) is 10.4 Å². The van der Waals surface area contributed by atoms with Gasteiger partial charge in [-0.2, -0.15) is 0 Å². The zero-order chi connectivity index (χ0) is 10.9. The predicted molar refractivity (Wildman–Crippen MR) is 52.1 cm³/mol. The van der Waals surface area contributed by atoms with Gasteiger partial charge >= 0.3 is 51.4 Å². The fraction of sp³-hybridized carbons (Fsp3) is 0. The van der Waals surface area contributed by atoms with Crippen molar-refractivity contribution in [3.63, 3.8) is 0 Å². The minimum atomic E-state index is -4.76. The first kappa shape index (κ1) is 14.0. The van der Waals surface area contributed by atoms with Crippen molar-refractivity contribution in [3.8, 4) is 5.88 Å². The van der Waals surface area contributed by atoms with Gasteiger partial charge in [0.2, 0.25) is 5.88 Å². The minimum absolute atomic E-state index is 0. The van der Waals surface area contributed by atoms with Crippen LogP contribution < -0.4 is 55.6 Å². The maximum Gasteiger partial charge on any atom is 1.00 e. The van der Waals surface area contributed by atoms with Crippen molar-refractivity contribution in [2.24, 2.45) is 0 Å². The van der Waals surface area contributed by atoms with E-state index in [2.05, 4.69) is 9.17 Å². The summed E-state index contributed by atoms with van der Waals surface area (Å²) in [6, 6.07) is 10.1. The standard InChI is InChI=1S/C9H7NO4S.K/c11-15(12,13)14-9-6-5-7-3-1-2-4-8(7)10-9;/h1-6H,(H,11,12,13);/q;+1/p-1. The predicted octanol–water partition coefficient (Wildman–Crippen LogP) is -1.92. The van der Waals surface area contributed by atoms with Crippen LogP contribution in [0.25, 0.3) is 10.9 Å². The number of benzene rings is 1. The summed E-state index contributed by atoms with van der Waals surface area (Å²) in [7, 11) is -4.76. The molecule has 0 bridgehead atoms. The van der Waals surface area contributed by atoms with Crippen LogP contribution in [0.15, 0.2) is 36.4 Å². The number of aromatic nitrogens is 1. The van der Waals surface area contributed by atoms with Gasteiger partial charge in [-0.3, -0.25) is 0 Å². The van der Waals surface area contributed by atoms with Crippen molar-refractivity contribution in [1.82, 2.24) is 4.98 Å². The maximum atomic E-state index is 10.3. The summed E-state index contributed by atoms with van der Waals surface area (Å²) in [4.78, 5) is 3.86. The van der Waals surface area contributed by atoms with E-state index in [0.717, 1.165) is 5.39 Å². The molecule has 0 spiro atoms. The number of hydrogen-bond acceptors (Lipinski definition) is 5. The molecule has 0 aliphatic rings. The third-order valence-corrected chi connectivity index (χ3v) is 2.14. The Labute approximate surface area is 135 Å². The second-order valence-electron chi connectivity index (χ2n) is 2.83. The van der Waals surface area contributed by atoms with Gasteiger partial charge in [-0.25, -0.2) is 13.4 Å². The van der Waals surface area contributed by atoms with E-state index in [1.54, 1.807) is 18.2 Å². The van der Waals surface area contributed by atoms with Crippen molar-refractivity contribution >= 4 is 21.3 Å². The molecule has 2 rings (SSSR count). The Morgan fingerprint density at radius 2 is 1.81 bits per heavy atom. The molecular formula is C9H6KNO4S. The van der Waals surface area contributed by atoms with E-state index < -0.39 is 10.4 Å². The first-order valence-electron chi connectivity index (χ1n) is 4.06. The average molecular weight is 263 g/mol. The second kappa shape index (κ2) is 5.54. The molecule has 0 fully saturated rings. The van der Waals surface area contributed by atoms with Gasteiger partial charge in [0.1, 0.15) is 0 Å². The Balaban J connectivity index is 0.00000128. The zero-order valence-corrected chi connectivity index (χ0v) is 12.4. The van der Waals surface area contributed by atoms with Crippen molar-refractivity contribution in [1.29, 1.82) is 0 Å². The van der Waals surface area contributed by atoms with Gasteiger partial charge in [0.25, 0.3) is 10.4 Å². The molecule has 1 aromatic heterocycles. The molecule has 0 aliphatic carbocycles. The number of pyridine rings is 1. The van der Waals surface area contributed by atoms with Crippen LogP contribution >= 0.6 is 0 Å². The monoisotopic (exact) mass is 263 g/mol. The Bertz CT molecular complexity index is 599. The maximum absolute atomic E-state index is 10.3. The molecular weight excluding hydrogens is 257 g/mol. The Morgan fingerprint density at radius 3 is 2.50 bits per heavy atom. The summed E-state index contributed by atoms with van der Waals surface area (Å²) in [5.74, 6) is -0.219. The topological polar surface area (TPSA) is 79.3 Å². The molecule has 0 atom stereocenters. The average Bonchev–Trinajstić information content (AvgIpc) is 2.15. The van der Waals surface area contributed by atoms with Crippen molar-refractivity contribution in [2.45, 2.75) is 0 Å². The molecule has 0 aliphatic heterocycles. The summed E-state index contributed by atoms with van der Waals surface area (Å²) in [5.41, 5.74) is 0.568. The van der Waals surface area contributed by atoms with Gasteiger partial charge in [0.15, 0.2) is 0 Å². The normalized spacial score (nSPS) is 10.8. The van der Waals surface area contributed by atoms with E-state index in [4.69, 9.17) is 0 Å². The second-order valence-corrected chi connectivity index (χ2v) is 3.82. The number of fused-ring (bicyclic) bond motifs is 1. The third kappa shape index (κ3) is 3.77. The summed E-state index contributed by atoms with van der Waals surface area (Å²) in [6.45, 7) is 0. The van der Waals surface area contributed by atoms with Gasteiger partial charge in [0.05, 0.1) is 5.52 Å². The zero-order valence-electron chi connectivity index (χ0n) is 8.45. The molecule has 0 radical (unpaired) electrons. The van der Waals surface area contributed by atoms with Crippen LogP contribution in [0, 0.1) is 0 Å². The van der Waals surface area contributed by atoms with Crippen molar-refractivity contribution in [2.75, 3.05) is 0 Å². The molecule has 0 unspecified atom stereocenters. The third-order valence-electron chi connectivity index (χ3n) is 1.76. The largest absolute Gasteiger partial charge is 1.00 e. The van der Waals surface area contributed by atoms with Gasteiger partial charge < -0.3 is 8.74 Å². The van der Waals surface area contributed by atoms with Gasteiger partial charge in [-0.05, 0) is 12.1 Å². The van der Waals surface area contributed by atoms with E-state index in [1.807, 2.05) is 12.1 Å². The molecule has 0 amide bonds. The molecule has 16 heavy (non-hydrogen) atoms. The number of hydrogen-bond donors (Lipinski definition) is 0. The van der Waals surface area contributed by atoms with Gasteiger partial charge in [-0.1, -0.05) is 18.2 Å². The number of rotatable bonds is 2. The molecule has 0 saturated heterocycles.